The normalized spacial score (nSPS) is 12.7. The molecule has 7 heteroatoms. The van der Waals surface area contributed by atoms with Crippen LogP contribution in [0, 0.1) is 12.3 Å². The third-order valence-electron chi connectivity index (χ3n) is 4.81. The van der Waals surface area contributed by atoms with E-state index in [4.69, 9.17) is 27.0 Å². The maximum Gasteiger partial charge on any atom is 0.188 e. The fourth-order valence-electron chi connectivity index (χ4n) is 3.08. The van der Waals surface area contributed by atoms with E-state index in [1.54, 1.807) is 13.1 Å². The molecule has 1 aromatic heterocycles. The van der Waals surface area contributed by atoms with Crippen molar-refractivity contribution in [1.82, 2.24) is 10.6 Å². The zero-order chi connectivity index (χ0) is 23.0. The molecule has 0 saturated carbocycles. The minimum atomic E-state index is 0.465. The highest BCUT2D eigenvalue weighted by atomic mass is 16.5. The lowest BCUT2D eigenvalue weighted by Gasteiger charge is -2.14. The second-order valence-corrected chi connectivity index (χ2v) is 7.27. The number of allylic oxidation sites excluding steroid dienone is 2. The molecule has 1 heterocycles. The van der Waals surface area contributed by atoms with Crippen LogP contribution in [0.15, 0.2) is 63.2 Å². The molecule has 0 amide bonds. The van der Waals surface area contributed by atoms with Crippen molar-refractivity contribution in [3.63, 3.8) is 0 Å². The van der Waals surface area contributed by atoms with Gasteiger partial charge in [-0.1, -0.05) is 30.2 Å². The lowest BCUT2D eigenvalue weighted by molar-refractivity contribution is 0.216. The molecule has 0 atom stereocenters. The van der Waals surface area contributed by atoms with Crippen molar-refractivity contribution >= 4 is 16.9 Å². The summed E-state index contributed by atoms with van der Waals surface area (Å²) in [7, 11) is 1.67. The summed E-state index contributed by atoms with van der Waals surface area (Å²) in [4.78, 5) is 3.88. The number of benzene rings is 1. The second-order valence-electron chi connectivity index (χ2n) is 7.27. The monoisotopic (exact) mass is 437 g/mol. The summed E-state index contributed by atoms with van der Waals surface area (Å²) in [5.74, 6) is 4.64. The second kappa shape index (κ2) is 14.7. The molecule has 0 unspecified atom stereocenters. The first-order valence-electron chi connectivity index (χ1n) is 11.0. The van der Waals surface area contributed by atoms with Crippen molar-refractivity contribution in [2.75, 3.05) is 39.8 Å². The van der Waals surface area contributed by atoms with E-state index >= 15 is 0 Å². The van der Waals surface area contributed by atoms with Crippen molar-refractivity contribution in [2.24, 2.45) is 16.5 Å². The van der Waals surface area contributed by atoms with Crippen LogP contribution in [0.2, 0.25) is 0 Å². The van der Waals surface area contributed by atoms with Gasteiger partial charge in [0.2, 0.25) is 0 Å². The van der Waals surface area contributed by atoms with Crippen LogP contribution in [0.5, 0.6) is 0 Å². The smallest absolute Gasteiger partial charge is 0.188 e. The molecule has 0 saturated heterocycles. The summed E-state index contributed by atoms with van der Waals surface area (Å²) in [6.07, 6.45) is 12.7. The average Bonchev–Trinajstić information content (AvgIpc) is 3.23. The first-order valence-corrected chi connectivity index (χ1v) is 11.0. The Labute approximate surface area is 191 Å². The van der Waals surface area contributed by atoms with Crippen molar-refractivity contribution in [2.45, 2.75) is 25.7 Å². The van der Waals surface area contributed by atoms with Crippen molar-refractivity contribution in [3.8, 4) is 12.3 Å². The minimum absolute atomic E-state index is 0.465. The molecule has 172 valence electrons. The number of nitrogens with two attached hydrogens (primary N) is 2. The molecule has 0 aliphatic carbocycles. The van der Waals surface area contributed by atoms with Crippen LogP contribution in [-0.2, 0) is 11.2 Å². The molecular formula is C25H35N5O2. The average molecular weight is 438 g/mol. The number of hydrogen-bond acceptors (Lipinski definition) is 5. The summed E-state index contributed by atoms with van der Waals surface area (Å²) < 4.78 is 11.9. The van der Waals surface area contributed by atoms with Crippen LogP contribution in [0.4, 0.5) is 0 Å². The van der Waals surface area contributed by atoms with Gasteiger partial charge in [-0.2, -0.15) is 0 Å². The van der Waals surface area contributed by atoms with Gasteiger partial charge in [0, 0.05) is 43.6 Å². The van der Waals surface area contributed by atoms with Crippen LogP contribution in [0.1, 0.15) is 25.0 Å². The molecule has 0 spiro atoms. The number of terminal acetylenes is 1. The van der Waals surface area contributed by atoms with E-state index in [0.29, 0.717) is 37.8 Å². The first kappa shape index (κ1) is 25.1. The van der Waals surface area contributed by atoms with E-state index < -0.39 is 0 Å². The topological polar surface area (TPSA) is 111 Å². The largest absolute Gasteiger partial charge is 0.493 e. The van der Waals surface area contributed by atoms with E-state index in [1.165, 1.54) is 0 Å². The molecule has 6 N–H and O–H groups in total. The SMILES string of the molecule is C#C/C=C(OCCCN)\C(=C/Cc1cc2ccccc2o1)CNCCCCNC(N)=NC. The molecule has 0 aliphatic rings. The lowest BCUT2D eigenvalue weighted by atomic mass is 10.1. The Balaban J connectivity index is 1.98. The summed E-state index contributed by atoms with van der Waals surface area (Å²) in [5.41, 5.74) is 13.1. The summed E-state index contributed by atoms with van der Waals surface area (Å²) in [5, 5.41) is 7.63. The van der Waals surface area contributed by atoms with E-state index in [2.05, 4.69) is 33.7 Å². The third-order valence-corrected chi connectivity index (χ3v) is 4.81. The predicted octanol–water partition coefficient (Wildman–Crippen LogP) is 2.69. The molecule has 0 radical (unpaired) electrons. The fourth-order valence-corrected chi connectivity index (χ4v) is 3.08. The van der Waals surface area contributed by atoms with Gasteiger partial charge >= 0.3 is 0 Å². The fraction of sp³-hybridized carbons (Fsp3) is 0.400. The highest BCUT2D eigenvalue weighted by molar-refractivity contribution is 5.78. The molecule has 7 nitrogen and oxygen atoms in total. The van der Waals surface area contributed by atoms with Crippen molar-refractivity contribution in [3.05, 3.63) is 59.6 Å². The number of furan rings is 1. The van der Waals surface area contributed by atoms with Crippen LogP contribution < -0.4 is 22.1 Å². The lowest BCUT2D eigenvalue weighted by Crippen LogP contribution is -2.32. The van der Waals surface area contributed by atoms with E-state index in [1.807, 2.05) is 24.3 Å². The van der Waals surface area contributed by atoms with Gasteiger partial charge in [-0.25, -0.2) is 0 Å². The number of aliphatic imine (C=N–C) groups is 1. The molecule has 0 bridgehead atoms. The minimum Gasteiger partial charge on any atom is -0.493 e. The van der Waals surface area contributed by atoms with Gasteiger partial charge in [0.05, 0.1) is 6.61 Å². The molecule has 0 aliphatic heterocycles. The standard InChI is InChI=1S/C25H35N5O2/c1-3-9-23(31-17-8-14-26)21(19-29-15-6-7-16-30-25(27)28-2)12-13-22-18-20-10-4-5-11-24(20)32-22/h1,4-5,9-12,18,29H,6-8,13-17,19,26H2,2H3,(H3,27,28,30)/b21-12-,23-9+. The number of nitrogens with one attached hydrogen (secondary N) is 2. The zero-order valence-corrected chi connectivity index (χ0v) is 18.9. The number of fused-ring (bicyclic) bond motifs is 1. The summed E-state index contributed by atoms with van der Waals surface area (Å²) in [6.45, 7) is 3.39. The number of guanidine groups is 1. The maximum absolute atomic E-state index is 5.95. The summed E-state index contributed by atoms with van der Waals surface area (Å²) >= 11 is 0. The van der Waals surface area contributed by atoms with Crippen LogP contribution in [-0.4, -0.2) is 45.8 Å². The molecule has 2 aromatic rings. The number of unbranched alkanes of at least 4 members (excludes halogenated alkanes) is 1. The van der Waals surface area contributed by atoms with Crippen molar-refractivity contribution < 1.29 is 9.15 Å². The number of nitrogens with zero attached hydrogens (tertiary/aromatic N) is 1. The molecule has 0 fully saturated rings. The zero-order valence-electron chi connectivity index (χ0n) is 18.9. The Kier molecular flexibility index (Phi) is 11.5. The number of hydrogen-bond donors (Lipinski definition) is 4. The van der Waals surface area contributed by atoms with E-state index in [-0.39, 0.29) is 0 Å². The first-order chi connectivity index (χ1) is 15.7. The molecule has 1 aromatic carbocycles. The molecular weight excluding hydrogens is 402 g/mol. The van der Waals surface area contributed by atoms with Gasteiger partial charge in [-0.15, -0.1) is 6.42 Å². The number of rotatable bonds is 14. The Morgan fingerprint density at radius 3 is 2.81 bits per heavy atom. The Bertz CT molecular complexity index is 920. The Morgan fingerprint density at radius 2 is 2.06 bits per heavy atom. The number of para-hydroxylation sites is 1. The molecule has 2 rings (SSSR count). The van der Waals surface area contributed by atoms with E-state index in [9.17, 15) is 0 Å². The van der Waals surface area contributed by atoms with Gasteiger partial charge in [-0.05, 0) is 44.5 Å². The van der Waals surface area contributed by atoms with Gasteiger partial charge in [0.15, 0.2) is 5.96 Å². The Morgan fingerprint density at radius 1 is 1.25 bits per heavy atom. The predicted molar refractivity (Wildman–Crippen MR) is 132 cm³/mol. The highest BCUT2D eigenvalue weighted by Gasteiger charge is 2.09. The Hall–Kier alpha value is -3.21. The number of ether oxygens (including phenoxy) is 1. The maximum atomic E-state index is 5.95. The third kappa shape index (κ3) is 8.88. The van der Waals surface area contributed by atoms with Crippen LogP contribution >= 0.6 is 0 Å². The van der Waals surface area contributed by atoms with Gasteiger partial charge in [0.25, 0.3) is 0 Å². The van der Waals surface area contributed by atoms with Gasteiger partial charge in [0.1, 0.15) is 17.1 Å². The molecule has 32 heavy (non-hydrogen) atoms. The van der Waals surface area contributed by atoms with Gasteiger partial charge in [-0.3, -0.25) is 4.99 Å². The highest BCUT2D eigenvalue weighted by Crippen LogP contribution is 2.20. The quantitative estimate of drug-likeness (QED) is 0.0903. The van der Waals surface area contributed by atoms with Crippen molar-refractivity contribution in [1.29, 1.82) is 0 Å². The van der Waals surface area contributed by atoms with Crippen LogP contribution in [0.3, 0.4) is 0 Å². The van der Waals surface area contributed by atoms with Gasteiger partial charge < -0.3 is 31.3 Å². The summed E-state index contributed by atoms with van der Waals surface area (Å²) in [6, 6.07) is 10.1. The van der Waals surface area contributed by atoms with Crippen LogP contribution in [0.25, 0.3) is 11.0 Å². The van der Waals surface area contributed by atoms with E-state index in [0.717, 1.165) is 54.7 Å².